The molecule has 2 fully saturated rings. The van der Waals surface area contributed by atoms with Crippen LogP contribution in [0.5, 0.6) is 0 Å². The molecule has 2 aromatic rings. The molecular formula is C18H21ClN4O2. The second-order valence-corrected chi connectivity index (χ2v) is 7.41. The Bertz CT molecular complexity index is 781. The molecule has 1 aliphatic carbocycles. The van der Waals surface area contributed by atoms with E-state index >= 15 is 0 Å². The maximum Gasteiger partial charge on any atom is 0.240 e. The molecule has 3 atom stereocenters. The maximum absolute atomic E-state index is 12.6. The molecule has 6 nitrogen and oxygen atoms in total. The Hall–Kier alpha value is -1.73. The minimum atomic E-state index is -0.470. The highest BCUT2D eigenvalue weighted by Crippen LogP contribution is 2.38. The van der Waals surface area contributed by atoms with Crippen LogP contribution in [0, 0.1) is 5.92 Å². The van der Waals surface area contributed by atoms with Crippen molar-refractivity contribution in [3.63, 3.8) is 0 Å². The number of alkyl halides is 1. The van der Waals surface area contributed by atoms with E-state index in [9.17, 15) is 9.90 Å². The highest BCUT2D eigenvalue weighted by Gasteiger charge is 2.38. The minimum Gasteiger partial charge on any atom is -0.393 e. The van der Waals surface area contributed by atoms with Crippen LogP contribution in [0.3, 0.4) is 0 Å². The molecule has 2 aliphatic rings. The summed E-state index contributed by atoms with van der Waals surface area (Å²) < 4.78 is 0. The van der Waals surface area contributed by atoms with Gasteiger partial charge < -0.3 is 10.4 Å². The number of benzene rings is 1. The minimum absolute atomic E-state index is 0.135. The van der Waals surface area contributed by atoms with Crippen LogP contribution in [0.4, 0.5) is 0 Å². The fraction of sp³-hybridized carbons (Fsp3) is 0.444. The molecule has 4 N–H and O–H groups in total. The molecule has 1 saturated heterocycles. The van der Waals surface area contributed by atoms with Crippen LogP contribution < -0.4 is 16.2 Å². The average molecular weight is 361 g/mol. The SMILES string of the molecule is O=C(NC(c1cnc2ccccc2c1)C1CC(O)C1)C1NNCC1Cl. The lowest BCUT2D eigenvalue weighted by Crippen LogP contribution is -2.50. The van der Waals surface area contributed by atoms with Crippen LogP contribution in [-0.2, 0) is 4.79 Å². The van der Waals surface area contributed by atoms with Gasteiger partial charge in [-0.2, -0.15) is 0 Å². The lowest BCUT2D eigenvalue weighted by Gasteiger charge is -2.38. The van der Waals surface area contributed by atoms with Crippen molar-refractivity contribution in [1.29, 1.82) is 0 Å². The second-order valence-electron chi connectivity index (χ2n) is 6.85. The summed E-state index contributed by atoms with van der Waals surface area (Å²) >= 11 is 6.19. The van der Waals surface area contributed by atoms with Crippen molar-refractivity contribution in [1.82, 2.24) is 21.2 Å². The Morgan fingerprint density at radius 2 is 2.16 bits per heavy atom. The van der Waals surface area contributed by atoms with Gasteiger partial charge in [0.2, 0.25) is 5.91 Å². The molecule has 0 spiro atoms. The van der Waals surface area contributed by atoms with Crippen LogP contribution in [0.2, 0.25) is 0 Å². The molecule has 25 heavy (non-hydrogen) atoms. The number of hydrogen-bond donors (Lipinski definition) is 4. The van der Waals surface area contributed by atoms with Crippen LogP contribution in [-0.4, -0.2) is 40.1 Å². The molecule has 1 amide bonds. The smallest absolute Gasteiger partial charge is 0.240 e. The fourth-order valence-corrected chi connectivity index (χ4v) is 3.84. The molecule has 0 radical (unpaired) electrons. The highest BCUT2D eigenvalue weighted by molar-refractivity contribution is 6.23. The number of fused-ring (bicyclic) bond motifs is 1. The maximum atomic E-state index is 12.6. The van der Waals surface area contributed by atoms with Gasteiger partial charge in [-0.1, -0.05) is 18.2 Å². The normalized spacial score (nSPS) is 30.0. The number of halogens is 1. The van der Waals surface area contributed by atoms with Crippen LogP contribution in [0.25, 0.3) is 10.9 Å². The first-order chi connectivity index (χ1) is 12.1. The van der Waals surface area contributed by atoms with Crippen molar-refractivity contribution in [2.45, 2.75) is 36.4 Å². The van der Waals surface area contributed by atoms with Gasteiger partial charge in [-0.15, -0.1) is 11.6 Å². The molecule has 132 valence electrons. The Morgan fingerprint density at radius 1 is 1.36 bits per heavy atom. The van der Waals surface area contributed by atoms with Gasteiger partial charge in [0.05, 0.1) is 23.0 Å². The molecule has 1 aromatic heterocycles. The van der Waals surface area contributed by atoms with Gasteiger partial charge in [0.15, 0.2) is 0 Å². The number of nitrogens with zero attached hydrogens (tertiary/aromatic N) is 1. The number of aromatic nitrogens is 1. The predicted octanol–water partition coefficient (Wildman–Crippen LogP) is 1.25. The van der Waals surface area contributed by atoms with Crippen LogP contribution in [0.1, 0.15) is 24.4 Å². The van der Waals surface area contributed by atoms with E-state index in [2.05, 4.69) is 27.2 Å². The van der Waals surface area contributed by atoms with E-state index in [1.54, 1.807) is 0 Å². The third-order valence-electron chi connectivity index (χ3n) is 5.09. The molecule has 3 unspecified atom stereocenters. The molecule has 4 rings (SSSR count). The molecule has 7 heteroatoms. The zero-order valence-electron chi connectivity index (χ0n) is 13.7. The third kappa shape index (κ3) is 3.35. The Morgan fingerprint density at radius 3 is 2.88 bits per heavy atom. The number of para-hydroxylation sites is 1. The van der Waals surface area contributed by atoms with Crippen molar-refractivity contribution in [2.75, 3.05) is 6.54 Å². The molecule has 0 bridgehead atoms. The predicted molar refractivity (Wildman–Crippen MR) is 95.9 cm³/mol. The summed E-state index contributed by atoms with van der Waals surface area (Å²) in [4.78, 5) is 17.2. The van der Waals surface area contributed by atoms with Gasteiger partial charge in [-0.25, -0.2) is 5.43 Å². The van der Waals surface area contributed by atoms with E-state index in [0.29, 0.717) is 19.4 Å². The standard InChI is InChI=1S/C18H21ClN4O2/c19-14-9-21-23-17(14)18(25)22-16(11-6-13(24)7-11)12-5-10-3-1-2-4-15(10)20-8-12/h1-5,8,11,13-14,16-17,21,23-24H,6-7,9H2,(H,22,25). The Balaban J connectivity index is 1.59. The summed E-state index contributed by atoms with van der Waals surface area (Å²) in [6.07, 6.45) is 2.89. The van der Waals surface area contributed by atoms with Crippen LogP contribution >= 0.6 is 11.6 Å². The molecule has 1 saturated carbocycles. The van der Waals surface area contributed by atoms with E-state index in [4.69, 9.17) is 11.6 Å². The topological polar surface area (TPSA) is 86.3 Å². The van der Waals surface area contributed by atoms with E-state index in [-0.39, 0.29) is 29.3 Å². The largest absolute Gasteiger partial charge is 0.393 e. The van der Waals surface area contributed by atoms with E-state index in [1.165, 1.54) is 0 Å². The fourth-order valence-electron chi connectivity index (χ4n) is 3.58. The number of aliphatic hydroxyl groups is 1. The quantitative estimate of drug-likeness (QED) is 0.616. The average Bonchev–Trinajstić information content (AvgIpc) is 3.03. The summed E-state index contributed by atoms with van der Waals surface area (Å²) in [6, 6.07) is 9.32. The number of amides is 1. The number of carbonyl (C=O) groups is 1. The molecular weight excluding hydrogens is 340 g/mol. The molecule has 2 heterocycles. The van der Waals surface area contributed by atoms with Gasteiger partial charge in [0.1, 0.15) is 6.04 Å². The number of aliphatic hydroxyl groups excluding tert-OH is 1. The monoisotopic (exact) mass is 360 g/mol. The lowest BCUT2D eigenvalue weighted by molar-refractivity contribution is -0.124. The van der Waals surface area contributed by atoms with Gasteiger partial charge >= 0.3 is 0 Å². The first-order valence-corrected chi connectivity index (χ1v) is 9.01. The van der Waals surface area contributed by atoms with Crippen molar-refractivity contribution < 1.29 is 9.90 Å². The number of nitrogens with one attached hydrogen (secondary N) is 3. The summed E-state index contributed by atoms with van der Waals surface area (Å²) in [5.41, 5.74) is 7.71. The number of hydrazine groups is 1. The van der Waals surface area contributed by atoms with E-state index in [1.807, 2.05) is 30.5 Å². The molecule has 1 aliphatic heterocycles. The zero-order valence-corrected chi connectivity index (χ0v) is 14.4. The van der Waals surface area contributed by atoms with Crippen molar-refractivity contribution in [2.24, 2.45) is 5.92 Å². The zero-order chi connectivity index (χ0) is 17.4. The first-order valence-electron chi connectivity index (χ1n) is 8.57. The van der Waals surface area contributed by atoms with Crippen molar-refractivity contribution in [3.05, 3.63) is 42.1 Å². The first kappa shape index (κ1) is 16.7. The van der Waals surface area contributed by atoms with E-state index < -0.39 is 6.04 Å². The molecule has 1 aromatic carbocycles. The Kier molecular flexibility index (Phi) is 4.60. The second kappa shape index (κ2) is 6.88. The van der Waals surface area contributed by atoms with Crippen molar-refractivity contribution >= 4 is 28.4 Å². The number of carbonyl (C=O) groups excluding carboxylic acids is 1. The lowest BCUT2D eigenvalue weighted by atomic mass is 9.75. The summed E-state index contributed by atoms with van der Waals surface area (Å²) in [5, 5.41) is 13.6. The van der Waals surface area contributed by atoms with Crippen molar-refractivity contribution in [3.8, 4) is 0 Å². The summed E-state index contributed by atoms with van der Waals surface area (Å²) in [6.45, 7) is 0.546. The summed E-state index contributed by atoms with van der Waals surface area (Å²) in [7, 11) is 0. The Labute approximate surface area is 150 Å². The third-order valence-corrected chi connectivity index (χ3v) is 5.49. The number of hydrogen-bond acceptors (Lipinski definition) is 5. The number of rotatable bonds is 4. The number of pyridine rings is 1. The van der Waals surface area contributed by atoms with E-state index in [0.717, 1.165) is 16.5 Å². The highest BCUT2D eigenvalue weighted by atomic mass is 35.5. The van der Waals surface area contributed by atoms with Gasteiger partial charge in [0.25, 0.3) is 0 Å². The van der Waals surface area contributed by atoms with Crippen LogP contribution in [0.15, 0.2) is 36.5 Å². The summed E-state index contributed by atoms with van der Waals surface area (Å²) in [5.74, 6) is 0.0644. The van der Waals surface area contributed by atoms with Gasteiger partial charge in [-0.05, 0) is 36.5 Å². The van der Waals surface area contributed by atoms with Gasteiger partial charge in [0, 0.05) is 18.1 Å². The van der Waals surface area contributed by atoms with Gasteiger partial charge in [-0.3, -0.25) is 15.2 Å².